The van der Waals surface area contributed by atoms with Crippen molar-refractivity contribution in [2.24, 2.45) is 0 Å². The number of ether oxygens (including phenoxy) is 1. The standard InChI is InChI=1S/C6H10F2O/c1-3-4-9-5-6(2,7)8/h3-4H,5H2,1-2H3/b4-3-. The van der Waals surface area contributed by atoms with Gasteiger partial charge < -0.3 is 4.74 Å². The highest BCUT2D eigenvalue weighted by Gasteiger charge is 2.20. The number of rotatable bonds is 3. The summed E-state index contributed by atoms with van der Waals surface area (Å²) in [7, 11) is 0. The monoisotopic (exact) mass is 136 g/mol. The molecule has 0 saturated carbocycles. The molecule has 0 aromatic rings. The molecule has 1 nitrogen and oxygen atoms in total. The van der Waals surface area contributed by atoms with Crippen molar-refractivity contribution in [2.45, 2.75) is 19.8 Å². The molecule has 0 unspecified atom stereocenters. The Morgan fingerprint density at radius 1 is 1.56 bits per heavy atom. The lowest BCUT2D eigenvalue weighted by Gasteiger charge is -2.07. The molecule has 0 aliphatic heterocycles. The van der Waals surface area contributed by atoms with Gasteiger partial charge in [0.25, 0.3) is 5.92 Å². The number of allylic oxidation sites excluding steroid dienone is 1. The normalized spacial score (nSPS) is 12.4. The molecular weight excluding hydrogens is 126 g/mol. The third-order valence-corrected chi connectivity index (χ3v) is 0.569. The Morgan fingerprint density at radius 3 is 2.44 bits per heavy atom. The maximum absolute atomic E-state index is 11.9. The van der Waals surface area contributed by atoms with Crippen molar-refractivity contribution >= 4 is 0 Å². The van der Waals surface area contributed by atoms with Crippen LogP contribution in [0.25, 0.3) is 0 Å². The summed E-state index contributed by atoms with van der Waals surface area (Å²) in [6.07, 6.45) is 2.81. The number of hydrogen-bond donors (Lipinski definition) is 0. The predicted octanol–water partition coefficient (Wildman–Crippen LogP) is 2.19. The summed E-state index contributed by atoms with van der Waals surface area (Å²) < 4.78 is 28.2. The van der Waals surface area contributed by atoms with Gasteiger partial charge >= 0.3 is 0 Å². The zero-order valence-corrected chi connectivity index (χ0v) is 5.53. The van der Waals surface area contributed by atoms with E-state index in [0.29, 0.717) is 0 Å². The predicted molar refractivity (Wildman–Crippen MR) is 31.4 cm³/mol. The Balaban J connectivity index is 3.28. The smallest absolute Gasteiger partial charge is 0.278 e. The van der Waals surface area contributed by atoms with E-state index in [2.05, 4.69) is 4.74 Å². The van der Waals surface area contributed by atoms with E-state index in [9.17, 15) is 8.78 Å². The minimum Gasteiger partial charge on any atom is -0.495 e. The fourth-order valence-corrected chi connectivity index (χ4v) is 0.291. The molecule has 0 aromatic heterocycles. The van der Waals surface area contributed by atoms with E-state index in [1.807, 2.05) is 0 Å². The lowest BCUT2D eigenvalue weighted by Crippen LogP contribution is -2.16. The fourth-order valence-electron chi connectivity index (χ4n) is 0.291. The average molecular weight is 136 g/mol. The van der Waals surface area contributed by atoms with E-state index in [1.165, 1.54) is 6.26 Å². The van der Waals surface area contributed by atoms with Gasteiger partial charge in [-0.3, -0.25) is 0 Å². The first-order valence-corrected chi connectivity index (χ1v) is 2.67. The molecular formula is C6H10F2O. The second kappa shape index (κ2) is 3.43. The van der Waals surface area contributed by atoms with Crippen molar-refractivity contribution < 1.29 is 13.5 Å². The zero-order valence-electron chi connectivity index (χ0n) is 5.53. The van der Waals surface area contributed by atoms with Crippen molar-refractivity contribution in [3.05, 3.63) is 12.3 Å². The quantitative estimate of drug-likeness (QED) is 0.540. The Bertz CT molecular complexity index is 93.7. The molecule has 0 saturated heterocycles. The molecule has 0 spiro atoms. The minimum absolute atomic E-state index is 0.544. The van der Waals surface area contributed by atoms with Crippen LogP contribution >= 0.6 is 0 Å². The highest BCUT2D eigenvalue weighted by Crippen LogP contribution is 2.10. The van der Waals surface area contributed by atoms with Gasteiger partial charge in [-0.1, -0.05) is 6.08 Å². The molecule has 0 aliphatic carbocycles. The molecule has 0 radical (unpaired) electrons. The second-order valence-electron chi connectivity index (χ2n) is 1.85. The molecule has 54 valence electrons. The third kappa shape index (κ3) is 7.40. The maximum atomic E-state index is 11.9. The van der Waals surface area contributed by atoms with E-state index >= 15 is 0 Å². The zero-order chi connectivity index (χ0) is 7.33. The van der Waals surface area contributed by atoms with Gasteiger partial charge in [0.2, 0.25) is 0 Å². The second-order valence-corrected chi connectivity index (χ2v) is 1.85. The van der Waals surface area contributed by atoms with Crippen LogP contribution in [0.4, 0.5) is 8.78 Å². The van der Waals surface area contributed by atoms with Gasteiger partial charge in [0.15, 0.2) is 6.61 Å². The topological polar surface area (TPSA) is 9.23 Å². The van der Waals surface area contributed by atoms with E-state index in [0.717, 1.165) is 6.92 Å². The average Bonchev–Trinajstić information content (AvgIpc) is 1.63. The Morgan fingerprint density at radius 2 is 2.11 bits per heavy atom. The number of alkyl halides is 2. The molecule has 9 heavy (non-hydrogen) atoms. The van der Waals surface area contributed by atoms with Gasteiger partial charge in [-0.05, 0) is 6.92 Å². The molecule has 0 rings (SSSR count). The molecule has 0 aromatic carbocycles. The van der Waals surface area contributed by atoms with Crippen molar-refractivity contribution in [3.8, 4) is 0 Å². The molecule has 0 amide bonds. The summed E-state index contributed by atoms with van der Waals surface area (Å²) in [5.41, 5.74) is 0. The van der Waals surface area contributed by atoms with Crippen molar-refractivity contribution in [3.63, 3.8) is 0 Å². The van der Waals surface area contributed by atoms with E-state index in [1.54, 1.807) is 13.0 Å². The first-order valence-electron chi connectivity index (χ1n) is 2.67. The maximum Gasteiger partial charge on any atom is 0.278 e. The van der Waals surface area contributed by atoms with Gasteiger partial charge in [0.1, 0.15) is 0 Å². The largest absolute Gasteiger partial charge is 0.495 e. The van der Waals surface area contributed by atoms with Crippen molar-refractivity contribution in [1.29, 1.82) is 0 Å². The van der Waals surface area contributed by atoms with Gasteiger partial charge in [-0.25, -0.2) is 8.78 Å². The molecule has 0 bridgehead atoms. The molecule has 0 atom stereocenters. The van der Waals surface area contributed by atoms with Gasteiger partial charge in [-0.2, -0.15) is 0 Å². The Kier molecular flexibility index (Phi) is 3.20. The van der Waals surface area contributed by atoms with E-state index < -0.39 is 12.5 Å². The molecule has 3 heteroatoms. The first-order chi connectivity index (χ1) is 4.06. The highest BCUT2D eigenvalue weighted by molar-refractivity contribution is 4.67. The van der Waals surface area contributed by atoms with Crippen molar-refractivity contribution in [2.75, 3.05) is 6.61 Å². The lowest BCUT2D eigenvalue weighted by molar-refractivity contribution is -0.0371. The van der Waals surface area contributed by atoms with Gasteiger partial charge in [-0.15, -0.1) is 0 Å². The summed E-state index contributed by atoms with van der Waals surface area (Å²) in [6.45, 7) is 1.97. The van der Waals surface area contributed by atoms with Gasteiger partial charge in [0.05, 0.1) is 6.26 Å². The van der Waals surface area contributed by atoms with Crippen LogP contribution in [0.2, 0.25) is 0 Å². The van der Waals surface area contributed by atoms with Crippen molar-refractivity contribution in [1.82, 2.24) is 0 Å². The van der Waals surface area contributed by atoms with E-state index in [-0.39, 0.29) is 0 Å². The molecule has 0 fully saturated rings. The molecule has 0 N–H and O–H groups in total. The molecule has 0 heterocycles. The van der Waals surface area contributed by atoms with Crippen LogP contribution in [-0.4, -0.2) is 12.5 Å². The van der Waals surface area contributed by atoms with Crippen LogP contribution in [-0.2, 0) is 4.74 Å². The Hall–Kier alpha value is -0.600. The number of halogens is 2. The summed E-state index contributed by atoms with van der Waals surface area (Å²) in [5.74, 6) is -2.72. The Labute approximate surface area is 53.3 Å². The fraction of sp³-hybridized carbons (Fsp3) is 0.667. The third-order valence-electron chi connectivity index (χ3n) is 0.569. The minimum atomic E-state index is -2.72. The first kappa shape index (κ1) is 8.40. The lowest BCUT2D eigenvalue weighted by atomic mass is 10.4. The SMILES string of the molecule is C/C=C\OCC(C)(F)F. The van der Waals surface area contributed by atoms with Crippen LogP contribution in [0, 0.1) is 0 Å². The summed E-state index contributed by atoms with van der Waals surface area (Å²) in [5, 5.41) is 0. The highest BCUT2D eigenvalue weighted by atomic mass is 19.3. The summed E-state index contributed by atoms with van der Waals surface area (Å²) in [6, 6.07) is 0. The summed E-state index contributed by atoms with van der Waals surface area (Å²) in [4.78, 5) is 0. The molecule has 0 aliphatic rings. The van der Waals surface area contributed by atoms with Crippen LogP contribution in [0.3, 0.4) is 0 Å². The van der Waals surface area contributed by atoms with Crippen LogP contribution in [0.15, 0.2) is 12.3 Å². The number of hydrogen-bond acceptors (Lipinski definition) is 1. The van der Waals surface area contributed by atoms with E-state index in [4.69, 9.17) is 0 Å². The van der Waals surface area contributed by atoms with Crippen LogP contribution < -0.4 is 0 Å². The summed E-state index contributed by atoms with van der Waals surface area (Å²) >= 11 is 0. The van der Waals surface area contributed by atoms with Crippen LogP contribution in [0.5, 0.6) is 0 Å². The van der Waals surface area contributed by atoms with Crippen LogP contribution in [0.1, 0.15) is 13.8 Å². The van der Waals surface area contributed by atoms with Gasteiger partial charge in [0, 0.05) is 6.92 Å².